The average Bonchev–Trinajstić information content (AvgIpc) is 2.26. The molecule has 0 atom stereocenters. The number of amides is 1. The second-order valence-corrected chi connectivity index (χ2v) is 5.49. The van der Waals surface area contributed by atoms with Crippen molar-refractivity contribution in [3.8, 4) is 0 Å². The smallest absolute Gasteiger partial charge is 0.240 e. The van der Waals surface area contributed by atoms with Crippen molar-refractivity contribution in [3.05, 3.63) is 12.2 Å². The lowest BCUT2D eigenvalue weighted by Crippen LogP contribution is -2.48. The molecular weight excluding hydrogens is 367 g/mol. The zero-order valence-electron chi connectivity index (χ0n) is 13.5. The van der Waals surface area contributed by atoms with Crippen LogP contribution in [0.1, 0.15) is 34.1 Å². The maximum atomic E-state index is 11.8. The average molecular weight is 396 g/mol. The predicted molar refractivity (Wildman–Crippen MR) is 96.7 cm³/mol. The van der Waals surface area contributed by atoms with Crippen LogP contribution in [0, 0.1) is 0 Å². The third-order valence-corrected chi connectivity index (χ3v) is 2.30. The Morgan fingerprint density at radius 1 is 1.35 bits per heavy atom. The van der Waals surface area contributed by atoms with Crippen LogP contribution in [0.5, 0.6) is 0 Å². The predicted octanol–water partition coefficient (Wildman–Crippen LogP) is 1.99. The molecule has 0 heterocycles. The summed E-state index contributed by atoms with van der Waals surface area (Å²) in [6.07, 6.45) is 5.05. The van der Waals surface area contributed by atoms with Crippen molar-refractivity contribution in [3.63, 3.8) is 0 Å². The normalized spacial score (nSPS) is 12.0. The van der Waals surface area contributed by atoms with Crippen molar-refractivity contribution in [2.45, 2.75) is 39.7 Å². The Bertz CT molecular complexity index is 335. The molecule has 0 aromatic rings. The maximum Gasteiger partial charge on any atom is 0.240 e. The Balaban J connectivity index is 0. The van der Waals surface area contributed by atoms with Crippen molar-refractivity contribution in [1.29, 1.82) is 0 Å². The molecule has 5 nitrogen and oxygen atoms in total. The van der Waals surface area contributed by atoms with E-state index in [9.17, 15) is 4.79 Å². The van der Waals surface area contributed by atoms with Crippen LogP contribution in [-0.2, 0) is 4.79 Å². The van der Waals surface area contributed by atoms with Crippen LogP contribution < -0.4 is 10.6 Å². The number of hydrogen-bond acceptors (Lipinski definition) is 2. The number of nitrogens with zero attached hydrogens (tertiary/aromatic N) is 2. The molecule has 0 aliphatic carbocycles. The van der Waals surface area contributed by atoms with E-state index < -0.39 is 0 Å². The van der Waals surface area contributed by atoms with Gasteiger partial charge in [-0.05, 0) is 34.1 Å². The number of halogens is 1. The molecule has 0 unspecified atom stereocenters. The van der Waals surface area contributed by atoms with E-state index in [1.807, 2.05) is 45.7 Å². The van der Waals surface area contributed by atoms with Gasteiger partial charge in [0.15, 0.2) is 5.96 Å². The van der Waals surface area contributed by atoms with Gasteiger partial charge in [0.25, 0.3) is 0 Å². The molecule has 0 saturated carbocycles. The first-order valence-electron chi connectivity index (χ1n) is 6.64. The Morgan fingerprint density at radius 2 is 1.95 bits per heavy atom. The first kappa shape index (κ1) is 21.5. The van der Waals surface area contributed by atoms with Gasteiger partial charge >= 0.3 is 0 Å². The number of allylic oxidation sites excluding steroid dienone is 1. The van der Waals surface area contributed by atoms with Gasteiger partial charge in [0.05, 0.1) is 6.54 Å². The summed E-state index contributed by atoms with van der Waals surface area (Å²) in [4.78, 5) is 17.8. The molecule has 0 rings (SSSR count). The lowest BCUT2D eigenvalue weighted by molar-refractivity contribution is -0.122. The Labute approximate surface area is 140 Å². The summed E-state index contributed by atoms with van der Waals surface area (Å²) in [5, 5.41) is 6.15. The highest BCUT2D eigenvalue weighted by molar-refractivity contribution is 14.0. The summed E-state index contributed by atoms with van der Waals surface area (Å²) in [6, 6.07) is 0. The van der Waals surface area contributed by atoms with Gasteiger partial charge in [-0.1, -0.05) is 12.2 Å². The lowest BCUT2D eigenvalue weighted by atomic mass is 10.1. The largest absolute Gasteiger partial charge is 0.356 e. The maximum absolute atomic E-state index is 11.8. The van der Waals surface area contributed by atoms with Gasteiger partial charge in [-0.15, -0.1) is 24.0 Å². The number of rotatable bonds is 5. The van der Waals surface area contributed by atoms with Gasteiger partial charge in [0, 0.05) is 26.2 Å². The molecule has 20 heavy (non-hydrogen) atoms. The quantitative estimate of drug-likeness (QED) is 0.246. The number of carbonyl (C=O) groups excluding carboxylic acids is 1. The molecule has 0 radical (unpaired) electrons. The van der Waals surface area contributed by atoms with Crippen molar-refractivity contribution < 1.29 is 4.79 Å². The summed E-state index contributed by atoms with van der Waals surface area (Å²) < 4.78 is 0. The number of guanidine groups is 1. The first-order valence-corrected chi connectivity index (χ1v) is 6.64. The molecule has 2 N–H and O–H groups in total. The molecule has 0 aromatic carbocycles. The third kappa shape index (κ3) is 11.1. The van der Waals surface area contributed by atoms with Crippen LogP contribution in [0.4, 0.5) is 0 Å². The molecule has 0 spiro atoms. The second-order valence-electron chi connectivity index (χ2n) is 5.49. The standard InChI is InChI=1S/C14H28N4O.HI/c1-7-8-9-10-16-13(15-5)18(6)11-12(19)17-14(2,3)4;/h7-8H,9-11H2,1-6H3,(H,15,16)(H,17,19);1H/b8-7+;. The first-order chi connectivity index (χ1) is 8.80. The molecule has 0 fully saturated rings. The fourth-order valence-electron chi connectivity index (χ4n) is 1.57. The molecule has 0 aromatic heterocycles. The lowest BCUT2D eigenvalue weighted by Gasteiger charge is -2.25. The molecule has 118 valence electrons. The Kier molecular flexibility index (Phi) is 11.8. The van der Waals surface area contributed by atoms with E-state index in [2.05, 4.69) is 21.7 Å². The van der Waals surface area contributed by atoms with E-state index >= 15 is 0 Å². The highest BCUT2D eigenvalue weighted by atomic mass is 127. The number of hydrogen-bond donors (Lipinski definition) is 2. The summed E-state index contributed by atoms with van der Waals surface area (Å²) >= 11 is 0. The minimum absolute atomic E-state index is 0. The number of aliphatic imine (C=N–C) groups is 1. The van der Waals surface area contributed by atoms with Gasteiger partial charge in [0.1, 0.15) is 0 Å². The minimum Gasteiger partial charge on any atom is -0.356 e. The minimum atomic E-state index is -0.208. The van der Waals surface area contributed by atoms with Crippen LogP contribution in [0.25, 0.3) is 0 Å². The molecule has 0 aliphatic heterocycles. The number of carbonyl (C=O) groups is 1. The Morgan fingerprint density at radius 3 is 2.40 bits per heavy atom. The summed E-state index contributed by atoms with van der Waals surface area (Å²) in [5.41, 5.74) is -0.208. The van der Waals surface area contributed by atoms with E-state index in [1.165, 1.54) is 0 Å². The van der Waals surface area contributed by atoms with Crippen LogP contribution in [0.3, 0.4) is 0 Å². The van der Waals surface area contributed by atoms with Gasteiger partial charge in [-0.2, -0.15) is 0 Å². The number of likely N-dealkylation sites (N-methyl/N-ethyl adjacent to an activating group) is 1. The van der Waals surface area contributed by atoms with Gasteiger partial charge in [-0.25, -0.2) is 0 Å². The molecule has 1 amide bonds. The van der Waals surface area contributed by atoms with Crippen LogP contribution in [0.15, 0.2) is 17.1 Å². The van der Waals surface area contributed by atoms with Crippen LogP contribution >= 0.6 is 24.0 Å². The molecule has 0 bridgehead atoms. The third-order valence-electron chi connectivity index (χ3n) is 2.30. The molecular formula is C14H29IN4O. The van der Waals surface area contributed by atoms with Gasteiger partial charge < -0.3 is 15.5 Å². The van der Waals surface area contributed by atoms with E-state index in [0.29, 0.717) is 6.54 Å². The Hall–Kier alpha value is -0.790. The van der Waals surface area contributed by atoms with Crippen molar-refractivity contribution >= 4 is 35.8 Å². The second kappa shape index (κ2) is 10.9. The summed E-state index contributed by atoms with van der Waals surface area (Å²) in [7, 11) is 3.57. The molecule has 0 saturated heterocycles. The SMILES string of the molecule is C/C=C/CCNC(=NC)N(C)CC(=O)NC(C)(C)C.I. The van der Waals surface area contributed by atoms with E-state index in [1.54, 1.807) is 7.05 Å². The van der Waals surface area contributed by atoms with Crippen molar-refractivity contribution in [2.75, 3.05) is 27.2 Å². The van der Waals surface area contributed by atoms with Crippen LogP contribution in [-0.4, -0.2) is 49.5 Å². The van der Waals surface area contributed by atoms with E-state index in [-0.39, 0.29) is 35.4 Å². The zero-order valence-corrected chi connectivity index (χ0v) is 15.8. The molecule has 0 aliphatic rings. The monoisotopic (exact) mass is 396 g/mol. The van der Waals surface area contributed by atoms with Gasteiger partial charge in [-0.3, -0.25) is 9.79 Å². The summed E-state index contributed by atoms with van der Waals surface area (Å²) in [6.45, 7) is 9.00. The topological polar surface area (TPSA) is 56.7 Å². The van der Waals surface area contributed by atoms with E-state index in [4.69, 9.17) is 0 Å². The fraction of sp³-hybridized carbons (Fsp3) is 0.714. The van der Waals surface area contributed by atoms with E-state index in [0.717, 1.165) is 18.9 Å². The van der Waals surface area contributed by atoms with Crippen molar-refractivity contribution in [2.24, 2.45) is 4.99 Å². The molecule has 6 heteroatoms. The highest BCUT2D eigenvalue weighted by Crippen LogP contribution is 1.98. The van der Waals surface area contributed by atoms with Gasteiger partial charge in [0.2, 0.25) is 5.91 Å². The summed E-state index contributed by atoms with van der Waals surface area (Å²) in [5.74, 6) is 0.722. The number of nitrogens with one attached hydrogen (secondary N) is 2. The van der Waals surface area contributed by atoms with Crippen molar-refractivity contribution in [1.82, 2.24) is 15.5 Å². The fourth-order valence-corrected chi connectivity index (χ4v) is 1.57. The zero-order chi connectivity index (χ0) is 14.9. The van der Waals surface area contributed by atoms with Crippen LogP contribution in [0.2, 0.25) is 0 Å². The highest BCUT2D eigenvalue weighted by Gasteiger charge is 2.16.